The largest absolute Gasteiger partial charge is 0.456 e. The van der Waals surface area contributed by atoms with E-state index in [9.17, 15) is 0 Å². The van der Waals surface area contributed by atoms with E-state index < -0.39 is 0 Å². The Balaban J connectivity index is 1.07. The zero-order valence-corrected chi connectivity index (χ0v) is 28.7. The van der Waals surface area contributed by atoms with Gasteiger partial charge in [-0.25, -0.2) is 0 Å². The molecule has 3 heterocycles. The van der Waals surface area contributed by atoms with Crippen LogP contribution in [-0.4, -0.2) is 0 Å². The number of fused-ring (bicyclic) bond motifs is 9. The first-order valence-electron chi connectivity index (χ1n) is 17.5. The summed E-state index contributed by atoms with van der Waals surface area (Å²) in [4.78, 5) is 2.40. The maximum Gasteiger partial charge on any atom is 0.136 e. The summed E-state index contributed by atoms with van der Waals surface area (Å²) in [6.07, 6.45) is 0. The van der Waals surface area contributed by atoms with E-state index in [0.717, 1.165) is 83.2 Å². The molecule has 0 radical (unpaired) electrons. The van der Waals surface area contributed by atoms with E-state index in [-0.39, 0.29) is 0 Å². The van der Waals surface area contributed by atoms with E-state index >= 15 is 0 Å². The Morgan fingerprint density at radius 1 is 0.365 bits per heavy atom. The molecule has 0 fully saturated rings. The predicted octanol–water partition coefficient (Wildman–Crippen LogP) is 14.7. The number of para-hydroxylation sites is 2. The molecule has 3 nitrogen and oxygen atoms in total. The average molecular weight is 684 g/mol. The minimum absolute atomic E-state index is 0.903. The fourth-order valence-corrected chi connectivity index (χ4v) is 9.15. The first kappa shape index (κ1) is 29.1. The van der Waals surface area contributed by atoms with Gasteiger partial charge in [0.1, 0.15) is 22.3 Å². The van der Waals surface area contributed by atoms with E-state index in [1.807, 2.05) is 35.6 Å². The minimum atomic E-state index is 0.903. The highest BCUT2D eigenvalue weighted by Gasteiger charge is 2.20. The number of hydrogen-bond acceptors (Lipinski definition) is 4. The fourth-order valence-electron chi connectivity index (χ4n) is 7.95. The fraction of sp³-hybridized carbons (Fsp3) is 0. The van der Waals surface area contributed by atoms with Gasteiger partial charge in [0.05, 0.1) is 10.4 Å². The lowest BCUT2D eigenvalue weighted by molar-refractivity contribution is 0.668. The summed E-state index contributed by atoms with van der Waals surface area (Å²) in [7, 11) is 0. The number of anilines is 3. The van der Waals surface area contributed by atoms with Crippen LogP contribution in [0.2, 0.25) is 0 Å². The molecule has 0 saturated heterocycles. The Kier molecular flexibility index (Phi) is 6.42. The third-order valence-electron chi connectivity index (χ3n) is 10.3. The summed E-state index contributed by atoms with van der Waals surface area (Å²) in [5, 5.41) is 7.12. The Bertz CT molecular complexity index is 2970. The van der Waals surface area contributed by atoms with E-state index in [4.69, 9.17) is 8.83 Å². The summed E-state index contributed by atoms with van der Waals surface area (Å²) < 4.78 is 15.0. The van der Waals surface area contributed by atoms with Crippen LogP contribution in [0.15, 0.2) is 185 Å². The van der Waals surface area contributed by atoms with Crippen molar-refractivity contribution in [2.24, 2.45) is 0 Å². The van der Waals surface area contributed by atoms with Crippen LogP contribution < -0.4 is 4.90 Å². The van der Waals surface area contributed by atoms with Gasteiger partial charge < -0.3 is 13.7 Å². The van der Waals surface area contributed by atoms with Crippen molar-refractivity contribution in [1.29, 1.82) is 0 Å². The molecule has 0 aliphatic rings. The second kappa shape index (κ2) is 11.5. The first-order chi connectivity index (χ1) is 25.8. The molecule has 0 amide bonds. The lowest BCUT2D eigenvalue weighted by Crippen LogP contribution is -2.10. The summed E-state index contributed by atoms with van der Waals surface area (Å²) >= 11 is 1.85. The maximum atomic E-state index is 6.23. The molecule has 52 heavy (non-hydrogen) atoms. The number of rotatable bonds is 5. The number of furan rings is 2. The molecule has 0 bridgehead atoms. The van der Waals surface area contributed by atoms with Crippen LogP contribution in [0.5, 0.6) is 0 Å². The molecule has 0 N–H and O–H groups in total. The molecule has 4 heteroatoms. The van der Waals surface area contributed by atoms with Crippen LogP contribution in [0.4, 0.5) is 17.1 Å². The molecule has 0 spiro atoms. The molecule has 244 valence electrons. The smallest absolute Gasteiger partial charge is 0.136 e. The van der Waals surface area contributed by atoms with E-state index in [0.29, 0.717) is 0 Å². The van der Waals surface area contributed by atoms with Crippen molar-refractivity contribution in [3.05, 3.63) is 176 Å². The van der Waals surface area contributed by atoms with Gasteiger partial charge in [0, 0.05) is 48.4 Å². The van der Waals surface area contributed by atoms with Gasteiger partial charge >= 0.3 is 0 Å². The number of thiophene rings is 1. The third-order valence-corrected chi connectivity index (χ3v) is 11.5. The van der Waals surface area contributed by atoms with Crippen molar-refractivity contribution >= 4 is 92.4 Å². The van der Waals surface area contributed by atoms with Crippen molar-refractivity contribution in [1.82, 2.24) is 0 Å². The molecule has 3 aromatic heterocycles. The van der Waals surface area contributed by atoms with Gasteiger partial charge in [-0.3, -0.25) is 0 Å². The van der Waals surface area contributed by atoms with Gasteiger partial charge in [-0.15, -0.1) is 11.3 Å². The normalized spacial score (nSPS) is 11.8. The zero-order chi connectivity index (χ0) is 34.2. The van der Waals surface area contributed by atoms with Gasteiger partial charge in [0.25, 0.3) is 0 Å². The quantitative estimate of drug-likeness (QED) is 0.181. The lowest BCUT2D eigenvalue weighted by Gasteiger charge is -2.26. The Morgan fingerprint density at radius 2 is 0.827 bits per heavy atom. The van der Waals surface area contributed by atoms with Crippen LogP contribution in [0, 0.1) is 0 Å². The zero-order valence-electron chi connectivity index (χ0n) is 27.9. The maximum absolute atomic E-state index is 6.23. The molecule has 0 aliphatic heterocycles. The standard InChI is InChI=1S/C48H29NO2S/c1-4-17-41-38(11-1)46-34(13-8-19-43(46)50-41)30-22-26-32(27-23-30)49(40-16-7-15-37-36-10-3-6-21-45(36)52-48(37)40)33-28-24-31(25-29-33)35-14-9-20-44-47(35)39-12-2-5-18-42(39)51-44/h1-29H. The summed E-state index contributed by atoms with van der Waals surface area (Å²) in [6.45, 7) is 0. The van der Waals surface area contributed by atoms with Crippen molar-refractivity contribution in [2.45, 2.75) is 0 Å². The molecular weight excluding hydrogens is 655 g/mol. The van der Waals surface area contributed by atoms with Crippen LogP contribution >= 0.6 is 11.3 Å². The number of hydrogen-bond donors (Lipinski definition) is 0. The molecule has 0 unspecified atom stereocenters. The second-order valence-corrected chi connectivity index (χ2v) is 14.3. The molecule has 11 rings (SSSR count). The van der Waals surface area contributed by atoms with Gasteiger partial charge in [0.15, 0.2) is 0 Å². The summed E-state index contributed by atoms with van der Waals surface area (Å²) in [5.74, 6) is 0. The number of nitrogens with zero attached hydrogens (tertiary/aromatic N) is 1. The van der Waals surface area contributed by atoms with Gasteiger partial charge in [0.2, 0.25) is 0 Å². The Hall–Kier alpha value is -6.62. The topological polar surface area (TPSA) is 29.5 Å². The second-order valence-electron chi connectivity index (χ2n) is 13.2. The van der Waals surface area contributed by atoms with Gasteiger partial charge in [-0.2, -0.15) is 0 Å². The SMILES string of the molecule is c1ccc2c(c1)oc1cccc(-c3ccc(N(c4ccc(-c5cccc6oc7ccccc7c56)cc4)c4cccc5c4sc4ccccc45)cc3)c12. The van der Waals surface area contributed by atoms with Crippen LogP contribution in [0.1, 0.15) is 0 Å². The Morgan fingerprint density at radius 3 is 1.40 bits per heavy atom. The van der Waals surface area contributed by atoms with Crippen molar-refractivity contribution in [3.8, 4) is 22.3 Å². The molecule has 0 saturated carbocycles. The van der Waals surface area contributed by atoms with Gasteiger partial charge in [-0.1, -0.05) is 115 Å². The van der Waals surface area contributed by atoms with Crippen LogP contribution in [0.3, 0.4) is 0 Å². The van der Waals surface area contributed by atoms with E-state index in [2.05, 4.69) is 157 Å². The molecule has 0 atom stereocenters. The molecular formula is C48H29NO2S. The van der Waals surface area contributed by atoms with Crippen molar-refractivity contribution < 1.29 is 8.83 Å². The van der Waals surface area contributed by atoms with Gasteiger partial charge in [-0.05, 0) is 82.9 Å². The summed E-state index contributed by atoms with van der Waals surface area (Å²) in [5.41, 5.74) is 11.6. The minimum Gasteiger partial charge on any atom is -0.456 e. The highest BCUT2D eigenvalue weighted by Crippen LogP contribution is 2.46. The monoisotopic (exact) mass is 683 g/mol. The third kappa shape index (κ3) is 4.45. The predicted molar refractivity (Wildman–Crippen MR) is 219 cm³/mol. The average Bonchev–Trinajstić information content (AvgIpc) is 3.90. The van der Waals surface area contributed by atoms with E-state index in [1.165, 1.54) is 20.2 Å². The van der Waals surface area contributed by atoms with Crippen molar-refractivity contribution in [2.75, 3.05) is 4.90 Å². The van der Waals surface area contributed by atoms with Crippen LogP contribution in [-0.2, 0) is 0 Å². The number of benzene rings is 8. The molecule has 8 aromatic carbocycles. The van der Waals surface area contributed by atoms with Crippen LogP contribution in [0.25, 0.3) is 86.3 Å². The Labute approximate surface area is 303 Å². The molecule has 11 aromatic rings. The highest BCUT2D eigenvalue weighted by atomic mass is 32.1. The van der Waals surface area contributed by atoms with Crippen molar-refractivity contribution in [3.63, 3.8) is 0 Å². The van der Waals surface area contributed by atoms with E-state index in [1.54, 1.807) is 0 Å². The first-order valence-corrected chi connectivity index (χ1v) is 18.3. The highest BCUT2D eigenvalue weighted by molar-refractivity contribution is 7.26. The lowest BCUT2D eigenvalue weighted by atomic mass is 9.98. The summed E-state index contributed by atoms with van der Waals surface area (Å²) in [6, 6.07) is 62.5. The molecule has 0 aliphatic carbocycles.